The normalized spacial score (nSPS) is 15.3. The molecule has 0 aliphatic carbocycles. The first kappa shape index (κ1) is 59.3. The molecule has 0 spiro atoms. The fourth-order valence-corrected chi connectivity index (χ4v) is 6.61. The van der Waals surface area contributed by atoms with Gasteiger partial charge in [-0.1, -0.05) is 144 Å². The third kappa shape index (κ3) is 43.9. The molecule has 5 N–H and O–H groups in total. The van der Waals surface area contributed by atoms with Crippen LogP contribution in [0.15, 0.2) is 85.1 Å². The summed E-state index contributed by atoms with van der Waals surface area (Å²) in [5, 5.41) is 19.9. The average Bonchev–Trinajstić information content (AvgIpc) is 3.23. The maximum absolute atomic E-state index is 12.7. The van der Waals surface area contributed by atoms with Crippen molar-refractivity contribution in [2.75, 3.05) is 26.4 Å². The smallest absolute Gasteiger partial charge is 0.462 e. The molecule has 0 bridgehead atoms. The summed E-state index contributed by atoms with van der Waals surface area (Å²) in [7, 11) is -9.73. The summed E-state index contributed by atoms with van der Waals surface area (Å²) in [4.78, 5) is 52.7. The van der Waals surface area contributed by atoms with Crippen molar-refractivity contribution in [1.82, 2.24) is 0 Å². The average molecular weight is 917 g/mol. The first-order valence-electron chi connectivity index (χ1n) is 22.4. The summed E-state index contributed by atoms with van der Waals surface area (Å²) in [5.41, 5.74) is 0. The molecule has 14 nitrogen and oxygen atoms in total. The van der Waals surface area contributed by atoms with Gasteiger partial charge in [0, 0.05) is 12.8 Å². The Morgan fingerprint density at radius 3 is 1.69 bits per heavy atom. The number of hydrogen-bond acceptors (Lipinski definition) is 11. The number of allylic oxidation sites excluding steroid dienone is 13. The van der Waals surface area contributed by atoms with Crippen LogP contribution in [-0.2, 0) is 41.8 Å². The summed E-state index contributed by atoms with van der Waals surface area (Å²) in [6.45, 7) is 1.44. The van der Waals surface area contributed by atoms with Gasteiger partial charge in [-0.25, -0.2) is 9.13 Å². The molecule has 0 radical (unpaired) electrons. The number of esters is 2. The van der Waals surface area contributed by atoms with E-state index >= 15 is 0 Å². The second-order valence-electron chi connectivity index (χ2n) is 14.8. The molecule has 0 rings (SSSR count). The summed E-state index contributed by atoms with van der Waals surface area (Å²) in [6.07, 6.45) is 43.0. The van der Waals surface area contributed by atoms with Crippen molar-refractivity contribution in [2.24, 2.45) is 0 Å². The van der Waals surface area contributed by atoms with Gasteiger partial charge >= 0.3 is 27.6 Å². The maximum atomic E-state index is 12.7. The molecule has 0 aliphatic heterocycles. The van der Waals surface area contributed by atoms with Crippen LogP contribution in [0.5, 0.6) is 0 Å². The highest BCUT2D eigenvalue weighted by Gasteiger charge is 2.28. The second-order valence-corrected chi connectivity index (χ2v) is 17.5. The molecule has 0 heterocycles. The summed E-state index contributed by atoms with van der Waals surface area (Å²) in [6, 6.07) is 0. The number of aliphatic hydroxyl groups is 2. The van der Waals surface area contributed by atoms with Crippen molar-refractivity contribution in [2.45, 2.75) is 167 Å². The minimum absolute atomic E-state index is 0.0689. The van der Waals surface area contributed by atoms with Crippen LogP contribution in [0.3, 0.4) is 0 Å². The topological polar surface area (TPSA) is 216 Å². The lowest BCUT2D eigenvalue weighted by Gasteiger charge is -2.20. The van der Waals surface area contributed by atoms with Crippen LogP contribution in [0.4, 0.5) is 0 Å². The van der Waals surface area contributed by atoms with Gasteiger partial charge in [-0.3, -0.25) is 23.2 Å². The molecule has 0 amide bonds. The molecule has 0 aliphatic rings. The first-order valence-corrected chi connectivity index (χ1v) is 25.4. The number of carbonyl (C=O) groups is 2. The van der Waals surface area contributed by atoms with Crippen molar-refractivity contribution in [3.8, 4) is 0 Å². The molecule has 2 unspecified atom stereocenters. The van der Waals surface area contributed by atoms with Gasteiger partial charge in [-0.15, -0.1) is 0 Å². The number of phosphoric acid groups is 2. The van der Waals surface area contributed by atoms with Crippen LogP contribution in [0, 0.1) is 0 Å². The Bertz CT molecular complexity index is 1430. The van der Waals surface area contributed by atoms with E-state index in [4.69, 9.17) is 23.8 Å². The maximum Gasteiger partial charge on any atom is 0.472 e. The van der Waals surface area contributed by atoms with Crippen molar-refractivity contribution >= 4 is 27.6 Å². The summed E-state index contributed by atoms with van der Waals surface area (Å²) < 4.78 is 47.7. The molecule has 0 saturated heterocycles. The highest BCUT2D eigenvalue weighted by atomic mass is 31.2. The van der Waals surface area contributed by atoms with E-state index in [2.05, 4.69) is 83.7 Å². The van der Waals surface area contributed by atoms with Gasteiger partial charge in [0.2, 0.25) is 0 Å². The zero-order valence-electron chi connectivity index (χ0n) is 37.3. The molecule has 0 aromatic carbocycles. The van der Waals surface area contributed by atoms with Crippen LogP contribution in [-0.4, -0.2) is 81.6 Å². The Kier molecular flexibility index (Phi) is 39.2. The number of phosphoric ester groups is 2. The van der Waals surface area contributed by atoms with E-state index in [9.17, 15) is 33.8 Å². The van der Waals surface area contributed by atoms with Crippen molar-refractivity contribution in [1.29, 1.82) is 0 Å². The number of unbranched alkanes of at least 4 members (excludes halogenated alkanes) is 10. The SMILES string of the molecule is CC/C=C/C/C=C/C=C/C(O)CCCCCCCC(=O)OC[C@H](COP(=O)(O)OC[C@@H](O)COP(=O)(O)O)OC(=O)CCCCC/C=C\C/C=C\C/C=C\C/C=C\CCCCC. The summed E-state index contributed by atoms with van der Waals surface area (Å²) >= 11 is 0. The molecule has 62 heavy (non-hydrogen) atoms. The molecule has 356 valence electrons. The Labute approximate surface area is 371 Å². The predicted octanol–water partition coefficient (Wildman–Crippen LogP) is 10.5. The Balaban J connectivity index is 4.66. The van der Waals surface area contributed by atoms with Crippen LogP contribution in [0.1, 0.15) is 149 Å². The van der Waals surface area contributed by atoms with Gasteiger partial charge in [0.15, 0.2) is 6.10 Å². The van der Waals surface area contributed by atoms with Gasteiger partial charge in [-0.05, 0) is 77.0 Å². The van der Waals surface area contributed by atoms with Crippen LogP contribution < -0.4 is 0 Å². The standard InChI is InChI=1S/C46H78O14P2/c1-3-5-7-9-11-12-13-14-15-16-17-18-19-20-21-22-24-28-33-37-46(50)60-44(41-59-62(54,55)58-39-43(48)38-57-61(51,52)53)40-56-45(49)36-32-29-25-27-31-35-42(47)34-30-26-23-10-8-6-4-2/h6,8,11-12,14-15,17-18,20-21,23,26,30,34,42-44,47-48H,3-5,7,9-10,13,16,19,22,24-25,27-29,31-33,35-41H2,1-2H3,(H,54,55)(H2,51,52,53)/b8-6+,12-11-,15-14-,18-17-,21-20-,26-23+,34-30+/t42?,43-,44+/m0/s1. The number of hydrogen-bond donors (Lipinski definition) is 5. The van der Waals surface area contributed by atoms with Gasteiger partial charge in [0.05, 0.1) is 25.9 Å². The molecule has 4 atom stereocenters. The Morgan fingerprint density at radius 2 is 1.06 bits per heavy atom. The molecule has 0 fully saturated rings. The molecule has 0 saturated carbocycles. The minimum atomic E-state index is -4.88. The lowest BCUT2D eigenvalue weighted by Crippen LogP contribution is -2.30. The van der Waals surface area contributed by atoms with Crippen LogP contribution >= 0.6 is 15.6 Å². The second kappa shape index (κ2) is 41.0. The fourth-order valence-electron chi connectivity index (χ4n) is 5.45. The number of ether oxygens (including phenoxy) is 2. The highest BCUT2D eigenvalue weighted by molar-refractivity contribution is 7.47. The van der Waals surface area contributed by atoms with E-state index in [-0.39, 0.29) is 12.8 Å². The first-order chi connectivity index (χ1) is 29.8. The number of aliphatic hydroxyl groups excluding tert-OH is 2. The third-order valence-corrected chi connectivity index (χ3v) is 10.3. The molecule has 0 aromatic rings. The predicted molar refractivity (Wildman–Crippen MR) is 245 cm³/mol. The van der Waals surface area contributed by atoms with Gasteiger partial charge in [0.1, 0.15) is 12.7 Å². The van der Waals surface area contributed by atoms with Crippen LogP contribution in [0.2, 0.25) is 0 Å². The Morgan fingerprint density at radius 1 is 0.548 bits per heavy atom. The molecule has 0 aromatic heterocycles. The lowest BCUT2D eigenvalue weighted by molar-refractivity contribution is -0.161. The van der Waals surface area contributed by atoms with E-state index in [0.29, 0.717) is 19.3 Å². The molecular weight excluding hydrogens is 838 g/mol. The van der Waals surface area contributed by atoms with E-state index in [1.807, 2.05) is 18.2 Å². The lowest BCUT2D eigenvalue weighted by atomic mass is 10.1. The molecule has 16 heteroatoms. The van der Waals surface area contributed by atoms with Crippen molar-refractivity contribution in [3.63, 3.8) is 0 Å². The monoisotopic (exact) mass is 916 g/mol. The van der Waals surface area contributed by atoms with E-state index < -0.39 is 72.3 Å². The minimum Gasteiger partial charge on any atom is -0.462 e. The highest BCUT2D eigenvalue weighted by Crippen LogP contribution is 2.43. The zero-order valence-corrected chi connectivity index (χ0v) is 39.1. The summed E-state index contributed by atoms with van der Waals surface area (Å²) in [5.74, 6) is -1.15. The van der Waals surface area contributed by atoms with E-state index in [0.717, 1.165) is 83.5 Å². The van der Waals surface area contributed by atoms with Gasteiger partial charge in [-0.2, -0.15) is 0 Å². The van der Waals surface area contributed by atoms with E-state index in [1.165, 1.54) is 19.3 Å². The van der Waals surface area contributed by atoms with Gasteiger partial charge < -0.3 is 34.4 Å². The number of rotatable bonds is 41. The Hall–Kier alpha value is -2.74. The van der Waals surface area contributed by atoms with Crippen molar-refractivity contribution in [3.05, 3.63) is 85.1 Å². The largest absolute Gasteiger partial charge is 0.472 e. The van der Waals surface area contributed by atoms with Crippen LogP contribution in [0.25, 0.3) is 0 Å². The van der Waals surface area contributed by atoms with E-state index in [1.54, 1.807) is 6.08 Å². The zero-order chi connectivity index (χ0) is 46.0. The quantitative estimate of drug-likeness (QED) is 0.0127. The molecular formula is C46H78O14P2. The van der Waals surface area contributed by atoms with Crippen molar-refractivity contribution < 1.29 is 66.7 Å². The number of carbonyl (C=O) groups excluding carboxylic acids is 2. The fraction of sp³-hybridized carbons (Fsp3) is 0.652. The van der Waals surface area contributed by atoms with Gasteiger partial charge in [0.25, 0.3) is 0 Å². The third-order valence-electron chi connectivity index (χ3n) is 8.86.